The van der Waals surface area contributed by atoms with E-state index in [4.69, 9.17) is 35.1 Å². The molecule has 0 aliphatic heterocycles. The summed E-state index contributed by atoms with van der Waals surface area (Å²) in [7, 11) is -19.6. The average molecular weight is 888 g/mol. The minimum absolute atomic E-state index is 0.0575. The van der Waals surface area contributed by atoms with Crippen molar-refractivity contribution in [3.63, 3.8) is 0 Å². The molecule has 0 aromatic heterocycles. The van der Waals surface area contributed by atoms with Gasteiger partial charge in [-0.1, -0.05) is 40.8 Å². The Hall–Kier alpha value is -1.80. The molecule has 0 bridgehead atoms. The fraction of sp³-hybridized carbons (Fsp3) is 0.500. The number of carbonyl (C=O) groups is 2. The van der Waals surface area contributed by atoms with E-state index in [1.807, 2.05) is 78.6 Å². The fourth-order valence-corrected chi connectivity index (χ4v) is 24.9. The second kappa shape index (κ2) is 20.6. The molecule has 0 aliphatic carbocycles. The molecule has 0 aromatic rings. The van der Waals surface area contributed by atoms with E-state index in [2.05, 4.69) is 46.1 Å². The Morgan fingerprint density at radius 1 is 0.593 bits per heavy atom. The largest absolute Gasteiger partial charge is 0.543 e. The Bertz CT molecular complexity index is 1370. The van der Waals surface area contributed by atoms with E-state index in [-0.39, 0.29) is 40.6 Å². The molecule has 0 aromatic carbocycles. The van der Waals surface area contributed by atoms with Crippen LogP contribution >= 0.6 is 0 Å². The van der Waals surface area contributed by atoms with Gasteiger partial charge in [-0.2, -0.15) is 0 Å². The van der Waals surface area contributed by atoms with Crippen molar-refractivity contribution in [3.05, 3.63) is 97.2 Å². The van der Waals surface area contributed by atoms with Crippen molar-refractivity contribution in [1.29, 1.82) is 0 Å². The smallest absolute Gasteiger partial charge is 0.510 e. The average Bonchev–Trinajstić information content (AvgIpc) is 3.04. The van der Waals surface area contributed by atoms with E-state index in [1.165, 1.54) is 0 Å². The molecule has 0 heterocycles. The molecule has 0 saturated heterocycles. The normalized spacial score (nSPS) is 13.9. The van der Waals surface area contributed by atoms with Gasteiger partial charge in [0.2, 0.25) is 41.6 Å². The van der Waals surface area contributed by atoms with E-state index < -0.39 is 76.1 Å². The van der Waals surface area contributed by atoms with Gasteiger partial charge in [-0.3, -0.25) is 0 Å². The highest BCUT2D eigenvalue weighted by atomic mass is 28.5. The van der Waals surface area contributed by atoms with Gasteiger partial charge in [0.15, 0.2) is 11.6 Å². The van der Waals surface area contributed by atoms with Crippen LogP contribution in [0.3, 0.4) is 0 Å². The van der Waals surface area contributed by atoms with E-state index in [9.17, 15) is 4.79 Å². The first-order valence-electron chi connectivity index (χ1n) is 18.1. The van der Waals surface area contributed by atoms with Crippen LogP contribution < -0.4 is 0 Å². The molecular weight excluding hydrogens is 817 g/mol. The monoisotopic (exact) mass is 886 g/mol. The molecule has 54 heavy (non-hydrogen) atoms. The zero-order valence-corrected chi connectivity index (χ0v) is 44.8. The van der Waals surface area contributed by atoms with E-state index in [0.29, 0.717) is 12.2 Å². The summed E-state index contributed by atoms with van der Waals surface area (Å²) in [6.07, 6.45) is 0.193. The van der Waals surface area contributed by atoms with Gasteiger partial charge in [-0.25, -0.2) is 9.59 Å². The molecule has 0 atom stereocenters. The molecule has 0 saturated carbocycles. The third kappa shape index (κ3) is 18.0. The van der Waals surface area contributed by atoms with Crippen molar-refractivity contribution in [3.8, 4) is 0 Å². The Labute approximate surface area is 337 Å². The highest BCUT2D eigenvalue weighted by Crippen LogP contribution is 2.36. The number of hydrogen-bond donors (Lipinski definition) is 0. The number of carbonyl (C=O) groups excluding carboxylic acids is 2. The van der Waals surface area contributed by atoms with Crippen molar-refractivity contribution in [2.75, 3.05) is 12.8 Å². The van der Waals surface area contributed by atoms with Crippen LogP contribution in [-0.2, 0) is 44.7 Å². The van der Waals surface area contributed by atoms with Gasteiger partial charge in [-0.05, 0) is 91.9 Å². The molecule has 0 aliphatic rings. The lowest BCUT2D eigenvalue weighted by molar-refractivity contribution is -0.143. The first-order chi connectivity index (χ1) is 24.3. The second-order valence-electron chi connectivity index (χ2n) is 16.5. The predicted molar refractivity (Wildman–Crippen MR) is 244 cm³/mol. The number of ether oxygens (including phenoxy) is 2. The molecule has 0 fully saturated rings. The first-order valence-corrected chi connectivity index (χ1v) is 38.9. The first kappa shape index (κ1) is 52.2. The number of allylic oxidation sites excluding steroid dienone is 1. The van der Waals surface area contributed by atoms with Crippen LogP contribution in [0.5, 0.6) is 0 Å². The number of esters is 2. The van der Waals surface area contributed by atoms with Gasteiger partial charge in [0.25, 0.3) is 8.32 Å². The summed E-state index contributed by atoms with van der Waals surface area (Å²) in [4.78, 5) is 27.4. The Morgan fingerprint density at radius 2 is 0.963 bits per heavy atom. The van der Waals surface area contributed by atoms with Crippen LogP contribution in [0.2, 0.25) is 78.6 Å². The topological polar surface area (TPSA) is 108 Å². The molecule has 0 rings (SSSR count). The highest BCUT2D eigenvalue weighted by molar-refractivity contribution is 6.93. The van der Waals surface area contributed by atoms with Crippen molar-refractivity contribution < 1.29 is 44.7 Å². The van der Waals surface area contributed by atoms with E-state index in [1.54, 1.807) is 41.1 Å². The summed E-state index contributed by atoms with van der Waals surface area (Å²) in [5, 5.41) is 0. The summed E-state index contributed by atoms with van der Waals surface area (Å²) in [5.41, 5.74) is 9.53. The Kier molecular flexibility index (Phi) is 19.9. The summed E-state index contributed by atoms with van der Waals surface area (Å²) >= 11 is 0. The van der Waals surface area contributed by atoms with E-state index >= 15 is 4.79 Å². The third-order valence-corrected chi connectivity index (χ3v) is 28.7. The maximum atomic E-state index is 15.1. The van der Waals surface area contributed by atoms with Crippen molar-refractivity contribution >= 4 is 80.9 Å². The van der Waals surface area contributed by atoms with Crippen LogP contribution in [0.15, 0.2) is 97.2 Å². The molecular formula is C36H70O10Si8. The van der Waals surface area contributed by atoms with Crippen LogP contribution in [0, 0.1) is 0 Å². The Morgan fingerprint density at radius 3 is 1.30 bits per heavy atom. The van der Waals surface area contributed by atoms with Crippen molar-refractivity contribution in [2.24, 2.45) is 0 Å². The van der Waals surface area contributed by atoms with E-state index in [0.717, 1.165) is 0 Å². The molecule has 0 amide bonds. The lowest BCUT2D eigenvalue weighted by Crippen LogP contribution is -2.64. The lowest BCUT2D eigenvalue weighted by atomic mass is 10.1. The maximum absolute atomic E-state index is 15.1. The molecule has 10 nitrogen and oxygen atoms in total. The minimum atomic E-state index is -3.88. The predicted octanol–water partition coefficient (Wildman–Crippen LogP) is 7.86. The fourth-order valence-electron chi connectivity index (χ4n) is 4.57. The summed E-state index contributed by atoms with van der Waals surface area (Å²) in [6, 6.07) is 0. The van der Waals surface area contributed by atoms with Crippen LogP contribution in [-0.4, -0.2) is 99.1 Å². The Balaban J connectivity index is 8.10. The number of hydrogen-bond acceptors (Lipinski definition) is 10. The third-order valence-electron chi connectivity index (χ3n) is 7.95. The molecule has 0 radical (unpaired) electrons. The van der Waals surface area contributed by atoms with Gasteiger partial charge < -0.3 is 35.1 Å². The van der Waals surface area contributed by atoms with Gasteiger partial charge in [0, 0.05) is 12.0 Å². The number of rotatable bonds is 27. The van der Waals surface area contributed by atoms with Gasteiger partial charge >= 0.3 is 20.7 Å². The van der Waals surface area contributed by atoms with Gasteiger partial charge in [-0.15, -0.1) is 39.5 Å². The van der Waals surface area contributed by atoms with Crippen LogP contribution in [0.1, 0.15) is 19.8 Å². The highest BCUT2D eigenvalue weighted by Gasteiger charge is 2.54. The molecule has 306 valence electrons. The molecule has 0 N–H and O–H groups in total. The van der Waals surface area contributed by atoms with Gasteiger partial charge in [0.05, 0.1) is 22.6 Å². The summed E-state index contributed by atoms with van der Waals surface area (Å²) in [6.45, 7) is 53.2. The summed E-state index contributed by atoms with van der Waals surface area (Å²) < 4.78 is 53.1. The van der Waals surface area contributed by atoms with Crippen molar-refractivity contribution in [1.82, 2.24) is 0 Å². The second-order valence-corrected chi connectivity index (χ2v) is 44.2. The zero-order valence-electron chi connectivity index (χ0n) is 35.8. The van der Waals surface area contributed by atoms with Crippen LogP contribution in [0.4, 0.5) is 0 Å². The molecule has 0 spiro atoms. The minimum Gasteiger partial charge on any atom is -0.543 e. The van der Waals surface area contributed by atoms with Crippen LogP contribution in [0.25, 0.3) is 0 Å². The molecule has 18 heteroatoms. The lowest BCUT2D eigenvalue weighted by Gasteiger charge is -2.44. The summed E-state index contributed by atoms with van der Waals surface area (Å²) in [5.74, 6) is -0.942. The SMILES string of the molecule is C=C[Si](C)(C)OC(CCCOC(=O)C(=C)C)=C(C(=O)OC[Si](O[Si](C)(C)C=C)(O[Si](C)(C)C=C)O[Si](C)(C)C=C)C([SiH3])(O[Si](C)(C)C=C)O[Si](C)(C)C=C. The zero-order chi connectivity index (χ0) is 42.6. The molecule has 0 unspecified atom stereocenters. The standard InChI is InChI=1S/C36H70O10Si8/c1-21-48(9,10)41-32(28-27-29-39-34(37)31(7)8)33(36(47,42-49(11,12)22-2)43-50(13,14)23-3)35(38)40-30-54(44-51(15,16)24-4,45-52(17,18)25-5)46-53(19,20)26-6/h21-26H,1-7,27-30H2,8-20,47H3. The van der Waals surface area contributed by atoms with Gasteiger partial charge in [0.1, 0.15) is 5.57 Å². The maximum Gasteiger partial charge on any atom is 0.510 e. The van der Waals surface area contributed by atoms with Crippen molar-refractivity contribution in [2.45, 2.75) is 104 Å². The quantitative estimate of drug-likeness (QED) is 0.0202.